The molecule has 2 aromatic carbocycles. The number of carbonyl (C=O) groups excluding carboxylic acids is 2. The van der Waals surface area contributed by atoms with Crippen LogP contribution in [0.2, 0.25) is 10.0 Å². The molecule has 4 nitrogen and oxygen atoms in total. The number of halogens is 13. The number of alkyl halides is 10. The number of amides is 2. The van der Waals surface area contributed by atoms with E-state index in [4.69, 9.17) is 23.2 Å². The summed E-state index contributed by atoms with van der Waals surface area (Å²) in [7, 11) is 0. The molecule has 2 N–H and O–H groups in total. The lowest BCUT2D eigenvalue weighted by Crippen LogP contribution is -2.50. The largest absolute Gasteiger partial charge is 0.435 e. The van der Waals surface area contributed by atoms with Crippen LogP contribution in [0.5, 0.6) is 0 Å². The second kappa shape index (κ2) is 12.8. The van der Waals surface area contributed by atoms with Gasteiger partial charge in [-0.05, 0) is 72.0 Å². The standard InChI is InChI=1S/C25H15Cl2F10IN2O2/c1-3-4-14(39-21(42)15-6-5-13(26)10-17(15)27)7-11(2)20(41)40-19-16(23(29,30)31)8-12(9-18(19)38)22(28,24(32,33)34)25(35,36)37/h3-10H,1H2,2H3,(H,39,42)(H,40,41)/b11-7+,14-4+. The average molecular weight is 763 g/mol. The molecule has 17 heteroatoms. The maximum Gasteiger partial charge on any atom is 0.435 e. The first kappa shape index (κ1) is 35.4. The molecule has 0 radical (unpaired) electrons. The van der Waals surface area contributed by atoms with E-state index in [1.807, 2.05) is 0 Å². The molecule has 0 fully saturated rings. The highest BCUT2D eigenvalue weighted by Gasteiger charge is 2.73. The molecule has 0 aromatic heterocycles. The molecule has 2 amide bonds. The van der Waals surface area contributed by atoms with Crippen LogP contribution in [0.15, 0.2) is 66.4 Å². The molecular weight excluding hydrogens is 748 g/mol. The van der Waals surface area contributed by atoms with Crippen LogP contribution in [0.3, 0.4) is 0 Å². The normalized spacial score (nSPS) is 13.6. The Kier molecular flexibility index (Phi) is 10.8. The summed E-state index contributed by atoms with van der Waals surface area (Å²) < 4.78 is 134. The van der Waals surface area contributed by atoms with Crippen LogP contribution in [0, 0.1) is 3.57 Å². The maximum absolute atomic E-state index is 14.5. The molecule has 0 aliphatic rings. The molecule has 0 bridgehead atoms. The summed E-state index contributed by atoms with van der Waals surface area (Å²) in [5.41, 5.74) is -12.5. The van der Waals surface area contributed by atoms with Gasteiger partial charge < -0.3 is 10.6 Å². The zero-order valence-corrected chi connectivity index (χ0v) is 24.2. The molecule has 0 aliphatic carbocycles. The molecule has 0 atom stereocenters. The Bertz CT molecular complexity index is 1450. The van der Waals surface area contributed by atoms with Crippen molar-refractivity contribution in [3.05, 3.63) is 96.7 Å². The van der Waals surface area contributed by atoms with E-state index >= 15 is 0 Å². The van der Waals surface area contributed by atoms with E-state index in [1.54, 1.807) is 5.32 Å². The molecule has 2 rings (SSSR count). The van der Waals surface area contributed by atoms with Crippen LogP contribution in [0.25, 0.3) is 0 Å². The molecule has 0 unspecified atom stereocenters. The topological polar surface area (TPSA) is 58.2 Å². The Morgan fingerprint density at radius 2 is 1.50 bits per heavy atom. The predicted molar refractivity (Wildman–Crippen MR) is 144 cm³/mol. The monoisotopic (exact) mass is 762 g/mol. The van der Waals surface area contributed by atoms with Crippen LogP contribution in [0.1, 0.15) is 28.4 Å². The van der Waals surface area contributed by atoms with Crippen molar-refractivity contribution in [3.8, 4) is 0 Å². The fourth-order valence-electron chi connectivity index (χ4n) is 3.28. The Morgan fingerprint density at radius 3 is 1.98 bits per heavy atom. The fourth-order valence-corrected chi connectivity index (χ4v) is 4.54. The van der Waals surface area contributed by atoms with E-state index < -0.39 is 62.5 Å². The van der Waals surface area contributed by atoms with Crippen molar-refractivity contribution >= 4 is 63.3 Å². The third kappa shape index (κ3) is 7.78. The maximum atomic E-state index is 14.5. The summed E-state index contributed by atoms with van der Waals surface area (Å²) in [6.07, 6.45) is -15.6. The number of hydrogen-bond acceptors (Lipinski definition) is 2. The summed E-state index contributed by atoms with van der Waals surface area (Å²) in [4.78, 5) is 25.3. The van der Waals surface area contributed by atoms with Crippen LogP contribution >= 0.6 is 45.8 Å². The van der Waals surface area contributed by atoms with Gasteiger partial charge in [-0.2, -0.15) is 39.5 Å². The average Bonchev–Trinajstić information content (AvgIpc) is 2.82. The van der Waals surface area contributed by atoms with Gasteiger partial charge in [0.2, 0.25) is 0 Å². The van der Waals surface area contributed by atoms with E-state index in [2.05, 4.69) is 11.9 Å². The van der Waals surface area contributed by atoms with E-state index in [9.17, 15) is 53.5 Å². The number of hydrogen-bond donors (Lipinski definition) is 2. The zero-order valence-electron chi connectivity index (χ0n) is 20.6. The lowest BCUT2D eigenvalue weighted by atomic mass is 9.92. The molecule has 2 aromatic rings. The summed E-state index contributed by atoms with van der Waals surface area (Å²) >= 11 is 12.7. The number of anilines is 1. The van der Waals surface area contributed by atoms with Crippen molar-refractivity contribution in [1.29, 1.82) is 0 Å². The van der Waals surface area contributed by atoms with Gasteiger partial charge in [0.1, 0.15) is 0 Å². The summed E-state index contributed by atoms with van der Waals surface area (Å²) in [5.74, 6) is -2.10. The molecular formula is C25H15Cl2F10IN2O2. The van der Waals surface area contributed by atoms with Gasteiger partial charge in [0.25, 0.3) is 11.8 Å². The van der Waals surface area contributed by atoms with Gasteiger partial charge in [0.15, 0.2) is 0 Å². The third-order valence-electron chi connectivity index (χ3n) is 5.27. The van der Waals surface area contributed by atoms with Crippen molar-refractivity contribution in [2.75, 3.05) is 5.32 Å². The highest BCUT2D eigenvalue weighted by Crippen LogP contribution is 2.54. The highest BCUT2D eigenvalue weighted by atomic mass is 127. The Morgan fingerprint density at radius 1 is 0.929 bits per heavy atom. The van der Waals surface area contributed by atoms with Crippen molar-refractivity contribution < 1.29 is 53.5 Å². The smallest absolute Gasteiger partial charge is 0.322 e. The fraction of sp³-hybridized carbons (Fsp3) is 0.200. The molecule has 42 heavy (non-hydrogen) atoms. The molecule has 0 heterocycles. The summed E-state index contributed by atoms with van der Waals surface area (Å²) in [6, 6.07) is 3.13. The van der Waals surface area contributed by atoms with Crippen LogP contribution in [0.4, 0.5) is 49.6 Å². The summed E-state index contributed by atoms with van der Waals surface area (Å²) in [5, 5.41) is 4.33. The highest BCUT2D eigenvalue weighted by molar-refractivity contribution is 14.1. The number of carbonyl (C=O) groups is 2. The Balaban J connectivity index is 2.52. The van der Waals surface area contributed by atoms with Crippen LogP contribution in [-0.4, -0.2) is 24.2 Å². The van der Waals surface area contributed by atoms with Crippen molar-refractivity contribution in [2.45, 2.75) is 31.1 Å². The second-order valence-corrected chi connectivity index (χ2v) is 10.3. The van der Waals surface area contributed by atoms with Gasteiger partial charge in [-0.25, -0.2) is 4.39 Å². The van der Waals surface area contributed by atoms with Gasteiger partial charge in [0, 0.05) is 25.4 Å². The first-order valence-corrected chi connectivity index (χ1v) is 12.7. The molecule has 228 valence electrons. The minimum Gasteiger partial charge on any atom is -0.322 e. The van der Waals surface area contributed by atoms with Crippen molar-refractivity contribution in [1.82, 2.24) is 5.32 Å². The van der Waals surface area contributed by atoms with Crippen LogP contribution in [-0.2, 0) is 16.6 Å². The second-order valence-electron chi connectivity index (χ2n) is 8.25. The minimum atomic E-state index is -6.67. The lowest BCUT2D eigenvalue weighted by Gasteiger charge is -2.31. The van der Waals surface area contributed by atoms with Crippen molar-refractivity contribution in [3.63, 3.8) is 0 Å². The Hall–Kier alpha value is -2.79. The van der Waals surface area contributed by atoms with Crippen molar-refractivity contribution in [2.24, 2.45) is 0 Å². The number of benzene rings is 2. The van der Waals surface area contributed by atoms with E-state index in [1.165, 1.54) is 30.4 Å². The first-order valence-electron chi connectivity index (χ1n) is 10.9. The third-order valence-corrected chi connectivity index (χ3v) is 6.67. The van der Waals surface area contributed by atoms with Gasteiger partial charge >= 0.3 is 24.2 Å². The van der Waals surface area contributed by atoms with Gasteiger partial charge in [-0.3, -0.25) is 9.59 Å². The Labute approximate surface area is 254 Å². The minimum absolute atomic E-state index is 0.0394. The molecule has 0 saturated heterocycles. The van der Waals surface area contributed by atoms with Gasteiger partial charge in [0.05, 0.1) is 21.8 Å². The molecule has 0 saturated carbocycles. The number of rotatable bonds is 7. The van der Waals surface area contributed by atoms with E-state index in [0.717, 1.165) is 35.6 Å². The quantitative estimate of drug-likeness (QED) is 0.128. The number of nitrogens with one attached hydrogen (secondary N) is 2. The number of allylic oxidation sites excluding steroid dienone is 3. The first-order chi connectivity index (χ1) is 19.0. The van der Waals surface area contributed by atoms with Crippen LogP contribution < -0.4 is 10.6 Å². The van der Waals surface area contributed by atoms with Gasteiger partial charge in [-0.1, -0.05) is 35.9 Å². The van der Waals surface area contributed by atoms with Gasteiger partial charge in [-0.15, -0.1) is 0 Å². The molecule has 0 aliphatic heterocycles. The summed E-state index contributed by atoms with van der Waals surface area (Å²) in [6.45, 7) is 4.50. The van der Waals surface area contributed by atoms with E-state index in [-0.39, 0.29) is 32.9 Å². The lowest BCUT2D eigenvalue weighted by molar-refractivity contribution is -0.348. The van der Waals surface area contributed by atoms with E-state index in [0.29, 0.717) is 0 Å². The molecule has 0 spiro atoms. The predicted octanol–water partition coefficient (Wildman–Crippen LogP) is 9.29. The zero-order chi connectivity index (χ0) is 32.4. The SMILES string of the molecule is C=C/C=C(\C=C(/C)C(=O)Nc1c(I)cc(C(F)(C(F)(F)F)C(F)(F)F)cc1C(F)(F)F)NC(=O)c1ccc(Cl)cc1Cl.